The molecule has 1 unspecified atom stereocenters. The summed E-state index contributed by atoms with van der Waals surface area (Å²) in [5.41, 5.74) is 0. The molecule has 2 N–H and O–H groups in total. The normalized spacial score (nSPS) is 13.1. The van der Waals surface area contributed by atoms with Gasteiger partial charge in [0.2, 0.25) is 5.91 Å². The molecule has 1 atom stereocenters. The van der Waals surface area contributed by atoms with Crippen molar-refractivity contribution in [2.24, 2.45) is 4.99 Å². The minimum atomic E-state index is -0.0213. The van der Waals surface area contributed by atoms with Crippen LogP contribution in [-0.2, 0) is 9.53 Å². The zero-order valence-electron chi connectivity index (χ0n) is 12.1. The zero-order valence-corrected chi connectivity index (χ0v) is 12.1. The van der Waals surface area contributed by atoms with E-state index in [1.807, 2.05) is 0 Å². The number of guanidine groups is 1. The van der Waals surface area contributed by atoms with E-state index in [1.54, 1.807) is 21.2 Å². The topological polar surface area (TPSA) is 66.0 Å². The number of nitrogens with zero attached hydrogens (tertiary/aromatic N) is 2. The number of methoxy groups -OCH3 is 1. The molecule has 0 heterocycles. The lowest BCUT2D eigenvalue weighted by atomic mass is 10.3. The Morgan fingerprint density at radius 2 is 2.11 bits per heavy atom. The summed E-state index contributed by atoms with van der Waals surface area (Å²) in [5.74, 6) is 0.628. The van der Waals surface area contributed by atoms with Crippen LogP contribution < -0.4 is 10.6 Å². The second kappa shape index (κ2) is 9.70. The molecule has 6 nitrogen and oxygen atoms in total. The quantitative estimate of drug-likeness (QED) is 0.385. The smallest absolute Gasteiger partial charge is 0.243 e. The first-order chi connectivity index (χ1) is 8.51. The van der Waals surface area contributed by atoms with Gasteiger partial charge in [-0.05, 0) is 13.3 Å². The molecule has 0 aliphatic heterocycles. The summed E-state index contributed by atoms with van der Waals surface area (Å²) in [4.78, 5) is 17.3. The van der Waals surface area contributed by atoms with E-state index in [2.05, 4.69) is 29.5 Å². The molecule has 0 aliphatic rings. The lowest BCUT2D eigenvalue weighted by Crippen LogP contribution is -2.43. The Hall–Kier alpha value is -1.30. The van der Waals surface area contributed by atoms with Gasteiger partial charge in [0.05, 0.1) is 6.61 Å². The van der Waals surface area contributed by atoms with E-state index >= 15 is 0 Å². The molecular weight excluding hydrogens is 232 g/mol. The molecule has 0 saturated carbocycles. The van der Waals surface area contributed by atoms with Crippen LogP contribution in [0, 0.1) is 0 Å². The van der Waals surface area contributed by atoms with E-state index < -0.39 is 0 Å². The molecule has 0 rings (SSSR count). The maximum Gasteiger partial charge on any atom is 0.243 e. The van der Waals surface area contributed by atoms with Crippen LogP contribution in [0.5, 0.6) is 0 Å². The zero-order chi connectivity index (χ0) is 14.0. The van der Waals surface area contributed by atoms with Crippen LogP contribution in [0.25, 0.3) is 0 Å². The fraction of sp³-hybridized carbons (Fsp3) is 0.833. The van der Waals surface area contributed by atoms with E-state index in [1.165, 1.54) is 4.90 Å². The van der Waals surface area contributed by atoms with Crippen molar-refractivity contribution in [2.75, 3.05) is 40.9 Å². The minimum absolute atomic E-state index is 0.0213. The Morgan fingerprint density at radius 1 is 1.44 bits per heavy atom. The number of ether oxygens (including phenoxy) is 1. The van der Waals surface area contributed by atoms with Gasteiger partial charge in [0.25, 0.3) is 0 Å². The van der Waals surface area contributed by atoms with Crippen LogP contribution in [0.3, 0.4) is 0 Å². The van der Waals surface area contributed by atoms with Gasteiger partial charge in [-0.15, -0.1) is 0 Å². The standard InChI is InChI=1S/C12H26N4O2/c1-6-10(2)15-12(13-7-8-18-5)14-9-11(17)16(3)4/h10H,6-9H2,1-5H3,(H2,13,14,15). The first-order valence-electron chi connectivity index (χ1n) is 6.25. The van der Waals surface area contributed by atoms with Crippen molar-refractivity contribution >= 4 is 11.9 Å². The van der Waals surface area contributed by atoms with E-state index in [0.29, 0.717) is 25.2 Å². The number of nitrogens with one attached hydrogen (secondary N) is 2. The summed E-state index contributed by atoms with van der Waals surface area (Å²) < 4.78 is 4.97. The third-order valence-electron chi connectivity index (χ3n) is 2.47. The molecule has 1 amide bonds. The van der Waals surface area contributed by atoms with Gasteiger partial charge in [-0.2, -0.15) is 0 Å². The molecule has 0 radical (unpaired) electrons. The molecule has 0 saturated heterocycles. The molecule has 0 aromatic rings. The maximum atomic E-state index is 11.5. The molecule has 0 bridgehead atoms. The Bertz CT molecular complexity index is 267. The first-order valence-corrected chi connectivity index (χ1v) is 6.25. The monoisotopic (exact) mass is 258 g/mol. The molecule has 0 fully saturated rings. The van der Waals surface area contributed by atoms with Gasteiger partial charge >= 0.3 is 0 Å². The molecule has 0 spiro atoms. The number of hydrogen-bond donors (Lipinski definition) is 2. The molecule has 0 aromatic carbocycles. The highest BCUT2D eigenvalue weighted by atomic mass is 16.5. The summed E-state index contributed by atoms with van der Waals surface area (Å²) in [6.45, 7) is 5.57. The van der Waals surface area contributed by atoms with Crippen LogP contribution in [0.15, 0.2) is 4.99 Å². The number of hydrogen-bond acceptors (Lipinski definition) is 3. The average molecular weight is 258 g/mol. The summed E-state index contributed by atoms with van der Waals surface area (Å²) >= 11 is 0. The maximum absolute atomic E-state index is 11.5. The predicted molar refractivity (Wildman–Crippen MR) is 73.8 cm³/mol. The largest absolute Gasteiger partial charge is 0.383 e. The fourth-order valence-electron chi connectivity index (χ4n) is 1.05. The lowest BCUT2D eigenvalue weighted by Gasteiger charge is -2.17. The number of aliphatic imine (C=N–C) groups is 1. The average Bonchev–Trinajstić information content (AvgIpc) is 2.35. The van der Waals surface area contributed by atoms with Crippen LogP contribution in [0.1, 0.15) is 20.3 Å². The van der Waals surface area contributed by atoms with Crippen molar-refractivity contribution < 1.29 is 9.53 Å². The van der Waals surface area contributed by atoms with Crippen LogP contribution in [0.4, 0.5) is 0 Å². The van der Waals surface area contributed by atoms with Gasteiger partial charge in [-0.25, -0.2) is 4.99 Å². The van der Waals surface area contributed by atoms with E-state index in [4.69, 9.17) is 4.74 Å². The lowest BCUT2D eigenvalue weighted by molar-refractivity contribution is -0.127. The summed E-state index contributed by atoms with van der Waals surface area (Å²) in [6.07, 6.45) is 0.993. The molecular formula is C12H26N4O2. The van der Waals surface area contributed by atoms with Gasteiger partial charge < -0.3 is 20.3 Å². The van der Waals surface area contributed by atoms with Crippen LogP contribution in [0.2, 0.25) is 0 Å². The van der Waals surface area contributed by atoms with Crippen molar-refractivity contribution in [3.8, 4) is 0 Å². The minimum Gasteiger partial charge on any atom is -0.383 e. The summed E-state index contributed by atoms with van der Waals surface area (Å²) in [7, 11) is 5.09. The SMILES string of the molecule is CCC(C)NC(=NCC(=O)N(C)C)NCCOC. The van der Waals surface area contributed by atoms with E-state index in [-0.39, 0.29) is 12.5 Å². The third-order valence-corrected chi connectivity index (χ3v) is 2.47. The molecule has 0 aromatic heterocycles. The second-order valence-corrected chi connectivity index (χ2v) is 4.33. The van der Waals surface area contributed by atoms with Crippen molar-refractivity contribution in [1.29, 1.82) is 0 Å². The third kappa shape index (κ3) is 7.89. The van der Waals surface area contributed by atoms with Gasteiger partial charge in [0.15, 0.2) is 5.96 Å². The number of rotatable bonds is 7. The van der Waals surface area contributed by atoms with Crippen molar-refractivity contribution in [3.05, 3.63) is 0 Å². The number of likely N-dealkylation sites (N-methyl/N-ethyl adjacent to an activating group) is 1. The highest BCUT2D eigenvalue weighted by molar-refractivity contribution is 5.84. The highest BCUT2D eigenvalue weighted by Gasteiger charge is 2.06. The van der Waals surface area contributed by atoms with E-state index in [0.717, 1.165) is 6.42 Å². The molecule has 106 valence electrons. The van der Waals surface area contributed by atoms with Crippen molar-refractivity contribution in [1.82, 2.24) is 15.5 Å². The van der Waals surface area contributed by atoms with Gasteiger partial charge in [-0.3, -0.25) is 4.79 Å². The Morgan fingerprint density at radius 3 is 2.61 bits per heavy atom. The Balaban J connectivity index is 4.34. The first kappa shape index (κ1) is 16.7. The predicted octanol–water partition coefficient (Wildman–Crippen LogP) is 0.0547. The van der Waals surface area contributed by atoms with Crippen LogP contribution in [-0.4, -0.2) is 63.7 Å². The fourth-order valence-corrected chi connectivity index (χ4v) is 1.05. The van der Waals surface area contributed by atoms with Gasteiger partial charge in [-0.1, -0.05) is 6.92 Å². The van der Waals surface area contributed by atoms with Gasteiger partial charge in [0, 0.05) is 33.8 Å². The number of amides is 1. The molecule has 6 heteroatoms. The number of carbonyl (C=O) groups excluding carboxylic acids is 1. The van der Waals surface area contributed by atoms with Crippen molar-refractivity contribution in [3.63, 3.8) is 0 Å². The second-order valence-electron chi connectivity index (χ2n) is 4.33. The van der Waals surface area contributed by atoms with Gasteiger partial charge in [0.1, 0.15) is 6.54 Å². The molecule has 0 aliphatic carbocycles. The summed E-state index contributed by atoms with van der Waals surface area (Å²) in [6, 6.07) is 0.313. The Kier molecular flexibility index (Phi) is 9.00. The van der Waals surface area contributed by atoms with Crippen LogP contribution >= 0.6 is 0 Å². The summed E-state index contributed by atoms with van der Waals surface area (Å²) in [5, 5.41) is 6.36. The molecule has 18 heavy (non-hydrogen) atoms. The van der Waals surface area contributed by atoms with E-state index in [9.17, 15) is 4.79 Å². The Labute approximate surface area is 110 Å². The highest BCUT2D eigenvalue weighted by Crippen LogP contribution is 1.88. The number of carbonyl (C=O) groups is 1. The van der Waals surface area contributed by atoms with Crippen molar-refractivity contribution in [2.45, 2.75) is 26.3 Å².